The van der Waals surface area contributed by atoms with Gasteiger partial charge in [0.05, 0.1) is 40.3 Å². The number of hydrogen-bond acceptors (Lipinski definition) is 6. The Hall–Kier alpha value is -4.16. The molecule has 37 heavy (non-hydrogen) atoms. The number of aryl methyl sites for hydroxylation is 1. The monoisotopic (exact) mass is 533 g/mol. The van der Waals surface area contributed by atoms with Gasteiger partial charge in [-0.05, 0) is 49.4 Å². The summed E-state index contributed by atoms with van der Waals surface area (Å²) >= 11 is 6.37. The zero-order valence-electron chi connectivity index (χ0n) is 19.1. The van der Waals surface area contributed by atoms with Gasteiger partial charge in [-0.1, -0.05) is 11.6 Å². The van der Waals surface area contributed by atoms with Gasteiger partial charge >= 0.3 is 6.18 Å². The molecule has 4 aromatic rings. The van der Waals surface area contributed by atoms with E-state index in [1.807, 2.05) is 0 Å². The first-order valence-corrected chi connectivity index (χ1v) is 11.1. The standard InChI is InChI=1S/C24H19ClF3N5O4/c1-12-15(4-7-20(29-12)24(26,27)28)23(35)30-13-2-5-17(25)16(10-13)22-31-18-6-3-14(11-19(18)32-22)37-9-8-21(34)33-36/h2-7,10-11,36H,8-9H2,1H3,(H,30,35)(H,31,32)(H,33,34). The van der Waals surface area contributed by atoms with E-state index in [-0.39, 0.29) is 24.3 Å². The summed E-state index contributed by atoms with van der Waals surface area (Å²) in [5.74, 6) is -0.341. The van der Waals surface area contributed by atoms with Crippen LogP contribution in [0.4, 0.5) is 18.9 Å². The maximum Gasteiger partial charge on any atom is 0.433 e. The second kappa shape index (κ2) is 10.4. The summed E-state index contributed by atoms with van der Waals surface area (Å²) in [7, 11) is 0. The highest BCUT2D eigenvalue weighted by Crippen LogP contribution is 2.32. The van der Waals surface area contributed by atoms with Crippen LogP contribution in [0.2, 0.25) is 5.02 Å². The smallest absolute Gasteiger partial charge is 0.433 e. The number of rotatable bonds is 7. The van der Waals surface area contributed by atoms with Crippen LogP contribution >= 0.6 is 11.6 Å². The van der Waals surface area contributed by atoms with Crippen molar-refractivity contribution in [2.24, 2.45) is 0 Å². The van der Waals surface area contributed by atoms with E-state index in [4.69, 9.17) is 21.5 Å². The number of imidazole rings is 1. The van der Waals surface area contributed by atoms with E-state index >= 15 is 0 Å². The maximum atomic E-state index is 12.9. The van der Waals surface area contributed by atoms with Crippen molar-refractivity contribution in [3.63, 3.8) is 0 Å². The van der Waals surface area contributed by atoms with E-state index in [0.717, 1.165) is 12.1 Å². The number of aromatic amines is 1. The van der Waals surface area contributed by atoms with Gasteiger partial charge in [-0.25, -0.2) is 15.4 Å². The SMILES string of the molecule is Cc1nc(C(F)(F)F)ccc1C(=O)Nc1ccc(Cl)c(-c2nc3cc(OCCC(=O)NO)ccc3[nH]2)c1. The summed E-state index contributed by atoms with van der Waals surface area (Å²) < 4.78 is 44.1. The molecular formula is C24H19ClF3N5O4. The molecule has 192 valence electrons. The largest absolute Gasteiger partial charge is 0.493 e. The van der Waals surface area contributed by atoms with E-state index in [1.54, 1.807) is 36.4 Å². The van der Waals surface area contributed by atoms with E-state index in [2.05, 4.69) is 20.3 Å². The molecule has 4 N–H and O–H groups in total. The van der Waals surface area contributed by atoms with Gasteiger partial charge < -0.3 is 15.0 Å². The van der Waals surface area contributed by atoms with Crippen molar-refractivity contribution in [3.05, 3.63) is 70.5 Å². The van der Waals surface area contributed by atoms with E-state index < -0.39 is 23.7 Å². The number of amides is 2. The molecule has 4 rings (SSSR count). The first-order chi connectivity index (χ1) is 17.5. The first kappa shape index (κ1) is 25.9. The number of ether oxygens (including phenoxy) is 1. The number of anilines is 1. The normalized spacial score (nSPS) is 11.4. The quantitative estimate of drug-likeness (QED) is 0.192. The second-order valence-corrected chi connectivity index (χ2v) is 8.28. The molecule has 0 fully saturated rings. The van der Waals surface area contributed by atoms with Gasteiger partial charge in [0, 0.05) is 17.3 Å². The molecule has 9 nitrogen and oxygen atoms in total. The van der Waals surface area contributed by atoms with E-state index in [0.29, 0.717) is 38.9 Å². The van der Waals surface area contributed by atoms with Crippen LogP contribution in [-0.2, 0) is 11.0 Å². The lowest BCUT2D eigenvalue weighted by molar-refractivity contribution is -0.141. The van der Waals surface area contributed by atoms with Gasteiger partial charge in [-0.3, -0.25) is 14.8 Å². The third-order valence-corrected chi connectivity index (χ3v) is 5.61. The van der Waals surface area contributed by atoms with Crippen LogP contribution < -0.4 is 15.5 Å². The first-order valence-electron chi connectivity index (χ1n) is 10.8. The molecule has 2 aromatic carbocycles. The molecular weight excluding hydrogens is 515 g/mol. The van der Waals surface area contributed by atoms with Gasteiger partial charge in [0.15, 0.2) is 0 Å². The Labute approximate surface area is 212 Å². The number of alkyl halides is 3. The minimum absolute atomic E-state index is 0.00256. The number of hydrogen-bond donors (Lipinski definition) is 4. The fourth-order valence-corrected chi connectivity index (χ4v) is 3.67. The minimum atomic E-state index is -4.61. The number of hydroxylamine groups is 1. The van der Waals surface area contributed by atoms with Gasteiger partial charge in [-0.15, -0.1) is 0 Å². The Kier molecular flexibility index (Phi) is 7.32. The van der Waals surface area contributed by atoms with E-state index in [1.165, 1.54) is 12.4 Å². The number of fused-ring (bicyclic) bond motifs is 1. The molecule has 0 atom stereocenters. The number of carbonyl (C=O) groups is 2. The number of H-pyrrole nitrogens is 1. The van der Waals surface area contributed by atoms with Crippen LogP contribution in [0.1, 0.15) is 28.2 Å². The van der Waals surface area contributed by atoms with Crippen LogP contribution in [0.5, 0.6) is 5.75 Å². The Bertz CT molecular complexity index is 1490. The third-order valence-electron chi connectivity index (χ3n) is 5.28. The number of aromatic nitrogens is 3. The fraction of sp³-hybridized carbons (Fsp3) is 0.167. The molecule has 0 saturated carbocycles. The lowest BCUT2D eigenvalue weighted by atomic mass is 10.1. The van der Waals surface area contributed by atoms with Gasteiger partial charge in [0.1, 0.15) is 17.3 Å². The summed E-state index contributed by atoms with van der Waals surface area (Å²) in [5, 5.41) is 11.5. The van der Waals surface area contributed by atoms with Gasteiger partial charge in [0.2, 0.25) is 5.91 Å². The van der Waals surface area contributed by atoms with Crippen molar-refractivity contribution in [2.45, 2.75) is 19.5 Å². The Morgan fingerprint density at radius 1 is 1.11 bits per heavy atom. The topological polar surface area (TPSA) is 129 Å². The number of carbonyl (C=O) groups excluding carboxylic acids is 2. The van der Waals surface area contributed by atoms with Gasteiger partial charge in [0.25, 0.3) is 5.91 Å². The molecule has 0 spiro atoms. The maximum absolute atomic E-state index is 12.9. The average molecular weight is 534 g/mol. The van der Waals surface area contributed by atoms with Crippen molar-refractivity contribution >= 4 is 40.1 Å². The molecule has 0 aliphatic carbocycles. The Morgan fingerprint density at radius 3 is 2.59 bits per heavy atom. The number of pyridine rings is 1. The molecule has 2 aromatic heterocycles. The predicted octanol–water partition coefficient (Wildman–Crippen LogP) is 5.13. The second-order valence-electron chi connectivity index (χ2n) is 7.87. The van der Waals surface area contributed by atoms with Crippen LogP contribution in [0.3, 0.4) is 0 Å². The number of nitrogens with zero attached hydrogens (tertiary/aromatic N) is 2. The highest BCUT2D eigenvalue weighted by Gasteiger charge is 2.33. The summed E-state index contributed by atoms with van der Waals surface area (Å²) in [5.41, 5.74) is 2.42. The highest BCUT2D eigenvalue weighted by atomic mass is 35.5. The molecule has 13 heteroatoms. The molecule has 0 unspecified atom stereocenters. The molecule has 2 heterocycles. The van der Waals surface area contributed by atoms with Crippen LogP contribution in [0, 0.1) is 6.92 Å². The molecule has 2 amide bonds. The summed E-state index contributed by atoms with van der Waals surface area (Å²) in [6, 6.07) is 11.6. The molecule has 0 aliphatic rings. The number of benzene rings is 2. The molecule has 0 bridgehead atoms. The van der Waals surface area contributed by atoms with Crippen molar-refractivity contribution in [1.82, 2.24) is 20.4 Å². The Morgan fingerprint density at radius 2 is 1.89 bits per heavy atom. The zero-order chi connectivity index (χ0) is 26.7. The molecule has 0 aliphatic heterocycles. The van der Waals surface area contributed by atoms with Crippen molar-refractivity contribution in [1.29, 1.82) is 0 Å². The number of nitrogens with one attached hydrogen (secondary N) is 3. The summed E-state index contributed by atoms with van der Waals surface area (Å²) in [4.78, 5) is 35.0. The van der Waals surface area contributed by atoms with Crippen LogP contribution in [0.15, 0.2) is 48.5 Å². The third kappa shape index (κ3) is 5.98. The van der Waals surface area contributed by atoms with Crippen molar-refractivity contribution in [3.8, 4) is 17.1 Å². The van der Waals surface area contributed by atoms with Crippen LogP contribution in [0.25, 0.3) is 22.4 Å². The van der Waals surface area contributed by atoms with E-state index in [9.17, 15) is 22.8 Å². The van der Waals surface area contributed by atoms with Crippen LogP contribution in [-0.4, -0.2) is 38.6 Å². The molecule has 0 radical (unpaired) electrons. The minimum Gasteiger partial charge on any atom is -0.493 e. The fourth-order valence-electron chi connectivity index (χ4n) is 3.46. The summed E-state index contributed by atoms with van der Waals surface area (Å²) in [6.45, 7) is 1.38. The lowest BCUT2D eigenvalue weighted by Crippen LogP contribution is -2.20. The number of halogens is 4. The predicted molar refractivity (Wildman–Crippen MR) is 129 cm³/mol. The Balaban J connectivity index is 1.54. The highest BCUT2D eigenvalue weighted by molar-refractivity contribution is 6.33. The lowest BCUT2D eigenvalue weighted by Gasteiger charge is -2.11. The van der Waals surface area contributed by atoms with Crippen molar-refractivity contribution in [2.75, 3.05) is 11.9 Å². The zero-order valence-corrected chi connectivity index (χ0v) is 19.9. The average Bonchev–Trinajstić information content (AvgIpc) is 3.27. The van der Waals surface area contributed by atoms with Gasteiger partial charge in [-0.2, -0.15) is 13.2 Å². The summed E-state index contributed by atoms with van der Waals surface area (Å²) in [6.07, 6.45) is -4.64. The molecule has 0 saturated heterocycles. The van der Waals surface area contributed by atoms with Crippen molar-refractivity contribution < 1.29 is 32.7 Å².